The minimum Gasteiger partial charge on any atom is -0.341 e. The van der Waals surface area contributed by atoms with Gasteiger partial charge >= 0.3 is 0 Å². The lowest BCUT2D eigenvalue weighted by Gasteiger charge is -2.13. The normalized spacial score (nSPS) is 15.8. The van der Waals surface area contributed by atoms with E-state index in [1.807, 2.05) is 24.3 Å². The molecule has 0 saturated carbocycles. The number of azo groups is 1. The molecule has 6 nitrogen and oxygen atoms in total. The van der Waals surface area contributed by atoms with Crippen molar-refractivity contribution in [1.82, 2.24) is 4.57 Å². The van der Waals surface area contributed by atoms with E-state index in [9.17, 15) is 4.79 Å². The second-order valence-electron chi connectivity index (χ2n) is 7.96. The van der Waals surface area contributed by atoms with Gasteiger partial charge in [0.25, 0.3) is 5.91 Å². The van der Waals surface area contributed by atoms with Crippen LogP contribution in [0, 0.1) is 0 Å². The summed E-state index contributed by atoms with van der Waals surface area (Å²) >= 11 is 0. The summed E-state index contributed by atoms with van der Waals surface area (Å²) in [5.41, 5.74) is 4.56. The Balaban J connectivity index is 1.39. The molecule has 2 heterocycles. The average molecular weight is 424 g/mol. The molecule has 0 aliphatic carbocycles. The zero-order chi connectivity index (χ0) is 22.1. The van der Waals surface area contributed by atoms with Crippen LogP contribution in [0.3, 0.4) is 0 Å². The summed E-state index contributed by atoms with van der Waals surface area (Å²) in [7, 11) is 0. The molecule has 32 heavy (non-hydrogen) atoms. The summed E-state index contributed by atoms with van der Waals surface area (Å²) < 4.78 is 2.28. The third-order valence-electron chi connectivity index (χ3n) is 5.99. The molecule has 0 fully saturated rings. The van der Waals surface area contributed by atoms with Crippen LogP contribution in [0.25, 0.3) is 21.8 Å². The van der Waals surface area contributed by atoms with Gasteiger partial charge in [0.2, 0.25) is 0 Å². The highest BCUT2D eigenvalue weighted by Crippen LogP contribution is 2.31. The number of hydrogen-bond acceptors (Lipinski definition) is 4. The van der Waals surface area contributed by atoms with Crippen molar-refractivity contribution >= 4 is 39.2 Å². The number of carbonyl (C=O) groups excluding carboxylic acids is 1. The summed E-state index contributed by atoms with van der Waals surface area (Å²) in [6.07, 6.45) is 0.935. The Morgan fingerprint density at radius 3 is 2.56 bits per heavy atom. The van der Waals surface area contributed by atoms with Crippen LogP contribution >= 0.6 is 0 Å². The molecule has 1 atom stereocenters. The van der Waals surface area contributed by atoms with Crippen LogP contribution in [0.15, 0.2) is 82.0 Å². The van der Waals surface area contributed by atoms with Gasteiger partial charge in [-0.2, -0.15) is 5.11 Å². The molecule has 0 bridgehead atoms. The number of aromatic nitrogens is 1. The number of aliphatic imine (C=N–C) groups is 1. The first-order chi connectivity index (χ1) is 15.7. The smallest absolute Gasteiger partial charge is 0.255 e. The van der Waals surface area contributed by atoms with Crippen molar-refractivity contribution in [3.05, 3.63) is 77.9 Å². The van der Waals surface area contributed by atoms with Crippen molar-refractivity contribution in [2.45, 2.75) is 32.9 Å². The van der Waals surface area contributed by atoms with Crippen molar-refractivity contribution in [3.63, 3.8) is 0 Å². The zero-order valence-electron chi connectivity index (χ0n) is 18.2. The van der Waals surface area contributed by atoms with E-state index in [2.05, 4.69) is 69.3 Å². The number of amidine groups is 1. The van der Waals surface area contributed by atoms with E-state index in [-0.39, 0.29) is 11.9 Å². The Labute approximate surface area is 186 Å². The predicted octanol–water partition coefficient (Wildman–Crippen LogP) is 6.06. The molecule has 1 aliphatic rings. The number of nitrogens with zero attached hydrogens (tertiary/aromatic N) is 4. The number of carbonyl (C=O) groups is 1. The highest BCUT2D eigenvalue weighted by molar-refractivity contribution is 6.11. The van der Waals surface area contributed by atoms with E-state index in [4.69, 9.17) is 0 Å². The first-order valence-corrected chi connectivity index (χ1v) is 11.1. The summed E-state index contributed by atoms with van der Waals surface area (Å²) in [4.78, 5) is 17.5. The van der Waals surface area contributed by atoms with Crippen LogP contribution < -0.4 is 5.32 Å². The fraction of sp³-hybridized carbons (Fsp3) is 0.231. The van der Waals surface area contributed by atoms with Gasteiger partial charge in [0.1, 0.15) is 0 Å². The largest absolute Gasteiger partial charge is 0.341 e. The standard InChI is InChI=1S/C26H25N5O/c1-3-19-16-27-30-25(28-19)17-9-11-18(12-10-17)26(32)29-20-13-14-22-21-7-5-6-8-23(21)31(4-2)24(22)15-20/h5-15,19H,3-4,16H2,1-2H3,(H,29,32). The molecular formula is C26H25N5O. The molecule has 1 aromatic heterocycles. The van der Waals surface area contributed by atoms with Crippen molar-refractivity contribution in [3.8, 4) is 0 Å². The van der Waals surface area contributed by atoms with Crippen LogP contribution in [-0.2, 0) is 6.54 Å². The van der Waals surface area contributed by atoms with E-state index >= 15 is 0 Å². The summed E-state index contributed by atoms with van der Waals surface area (Å²) in [6.45, 7) is 5.74. The monoisotopic (exact) mass is 423 g/mol. The maximum Gasteiger partial charge on any atom is 0.255 e. The minimum atomic E-state index is -0.145. The fourth-order valence-corrected chi connectivity index (χ4v) is 4.24. The van der Waals surface area contributed by atoms with E-state index in [0.29, 0.717) is 17.9 Å². The number of fused-ring (bicyclic) bond motifs is 3. The highest BCUT2D eigenvalue weighted by Gasteiger charge is 2.15. The van der Waals surface area contributed by atoms with Crippen LogP contribution in [0.5, 0.6) is 0 Å². The molecule has 6 heteroatoms. The number of aryl methyl sites for hydroxylation is 1. The number of nitrogens with one attached hydrogen (secondary N) is 1. The van der Waals surface area contributed by atoms with Gasteiger partial charge in [0.05, 0.1) is 18.1 Å². The summed E-state index contributed by atoms with van der Waals surface area (Å²) in [5, 5.41) is 13.8. The van der Waals surface area contributed by atoms with Crippen LogP contribution in [0.4, 0.5) is 5.69 Å². The molecule has 3 aromatic carbocycles. The molecule has 1 aliphatic heterocycles. The Bertz CT molecular complexity index is 1360. The minimum absolute atomic E-state index is 0.145. The number of rotatable bonds is 5. The van der Waals surface area contributed by atoms with Crippen molar-refractivity contribution in [2.24, 2.45) is 15.2 Å². The average Bonchev–Trinajstić information content (AvgIpc) is 3.17. The van der Waals surface area contributed by atoms with E-state index < -0.39 is 0 Å². The fourth-order valence-electron chi connectivity index (χ4n) is 4.24. The highest BCUT2D eigenvalue weighted by atomic mass is 16.1. The zero-order valence-corrected chi connectivity index (χ0v) is 18.2. The van der Waals surface area contributed by atoms with Gasteiger partial charge in [-0.15, -0.1) is 5.11 Å². The Hall–Kier alpha value is -3.80. The van der Waals surface area contributed by atoms with Crippen molar-refractivity contribution < 1.29 is 4.79 Å². The molecule has 160 valence electrons. The van der Waals surface area contributed by atoms with Crippen LogP contribution in [0.2, 0.25) is 0 Å². The van der Waals surface area contributed by atoms with Gasteiger partial charge in [-0.3, -0.25) is 9.79 Å². The van der Waals surface area contributed by atoms with E-state index in [0.717, 1.165) is 29.7 Å². The lowest BCUT2D eigenvalue weighted by Crippen LogP contribution is -2.16. The molecule has 0 spiro atoms. The van der Waals surface area contributed by atoms with Gasteiger partial charge in [-0.05, 0) is 43.7 Å². The van der Waals surface area contributed by atoms with Crippen LogP contribution in [0.1, 0.15) is 36.2 Å². The first kappa shape index (κ1) is 20.1. The molecule has 0 radical (unpaired) electrons. The number of amides is 1. The Morgan fingerprint density at radius 1 is 1.00 bits per heavy atom. The van der Waals surface area contributed by atoms with Crippen molar-refractivity contribution in [1.29, 1.82) is 0 Å². The predicted molar refractivity (Wildman–Crippen MR) is 130 cm³/mol. The number of anilines is 1. The molecule has 1 unspecified atom stereocenters. The SMILES string of the molecule is CCC1CN=NC(c2ccc(C(=O)Nc3ccc4c5ccccc5n(CC)c4c3)cc2)=N1. The maximum atomic E-state index is 12.9. The lowest BCUT2D eigenvalue weighted by atomic mass is 10.1. The molecule has 0 saturated heterocycles. The third kappa shape index (κ3) is 3.58. The summed E-state index contributed by atoms with van der Waals surface area (Å²) in [6, 6.07) is 22.0. The Morgan fingerprint density at radius 2 is 1.78 bits per heavy atom. The van der Waals surface area contributed by atoms with Gasteiger partial charge < -0.3 is 9.88 Å². The maximum absolute atomic E-state index is 12.9. The summed E-state index contributed by atoms with van der Waals surface area (Å²) in [5.74, 6) is 0.488. The van der Waals surface area contributed by atoms with E-state index in [1.165, 1.54) is 16.3 Å². The molecule has 4 aromatic rings. The van der Waals surface area contributed by atoms with Crippen molar-refractivity contribution in [2.75, 3.05) is 11.9 Å². The number of hydrogen-bond donors (Lipinski definition) is 1. The third-order valence-corrected chi connectivity index (χ3v) is 5.99. The first-order valence-electron chi connectivity index (χ1n) is 11.1. The topological polar surface area (TPSA) is 71.1 Å². The second kappa shape index (κ2) is 8.38. The number of benzene rings is 3. The lowest BCUT2D eigenvalue weighted by molar-refractivity contribution is 0.102. The molecule has 1 N–H and O–H groups in total. The molecule has 5 rings (SSSR count). The number of para-hydroxylation sites is 1. The van der Waals surface area contributed by atoms with Crippen LogP contribution in [-0.4, -0.2) is 28.9 Å². The Kier molecular flexibility index (Phi) is 5.27. The quantitative estimate of drug-likeness (QED) is 0.416. The second-order valence-corrected chi connectivity index (χ2v) is 7.96. The van der Waals surface area contributed by atoms with Gasteiger partial charge in [0, 0.05) is 39.6 Å². The van der Waals surface area contributed by atoms with E-state index in [1.54, 1.807) is 12.1 Å². The molecule has 1 amide bonds. The van der Waals surface area contributed by atoms with Gasteiger partial charge in [-0.25, -0.2) is 0 Å². The van der Waals surface area contributed by atoms with Gasteiger partial charge in [-0.1, -0.05) is 43.3 Å². The molecular weight excluding hydrogens is 398 g/mol. The van der Waals surface area contributed by atoms with Gasteiger partial charge in [0.15, 0.2) is 5.84 Å².